The number of carbonyl (C=O) groups is 1. The van der Waals surface area contributed by atoms with Gasteiger partial charge in [0.15, 0.2) is 5.69 Å². The van der Waals surface area contributed by atoms with Gasteiger partial charge in [-0.1, -0.05) is 6.07 Å². The second-order valence-corrected chi connectivity index (χ2v) is 4.30. The van der Waals surface area contributed by atoms with Crippen molar-refractivity contribution < 1.29 is 27.8 Å². The zero-order valence-corrected chi connectivity index (χ0v) is 10.8. The number of nitrogens with zero attached hydrogens (tertiary/aromatic N) is 1. The number of ether oxygens (including phenoxy) is 1. The Hall–Kier alpha value is -2.57. The van der Waals surface area contributed by atoms with Gasteiger partial charge in [0.25, 0.3) is 0 Å². The molecule has 0 atom stereocenters. The predicted molar refractivity (Wildman–Crippen MR) is 67.5 cm³/mol. The van der Waals surface area contributed by atoms with Gasteiger partial charge >= 0.3 is 12.1 Å². The van der Waals surface area contributed by atoms with Gasteiger partial charge < -0.3 is 9.84 Å². The van der Waals surface area contributed by atoms with Gasteiger partial charge in [0.05, 0.1) is 5.56 Å². The summed E-state index contributed by atoms with van der Waals surface area (Å²) >= 11 is 0. The highest BCUT2D eigenvalue weighted by molar-refractivity contribution is 5.85. The maximum atomic E-state index is 12.6. The van der Waals surface area contributed by atoms with E-state index < -0.39 is 17.7 Å². The molecule has 0 aliphatic rings. The van der Waals surface area contributed by atoms with E-state index in [1.807, 2.05) is 0 Å². The summed E-state index contributed by atoms with van der Waals surface area (Å²) in [7, 11) is 0. The molecule has 0 aliphatic carbocycles. The van der Waals surface area contributed by atoms with Crippen LogP contribution in [0, 0.1) is 6.92 Å². The molecule has 21 heavy (non-hydrogen) atoms. The normalized spacial score (nSPS) is 11.2. The summed E-state index contributed by atoms with van der Waals surface area (Å²) in [5, 5.41) is 8.88. The maximum absolute atomic E-state index is 12.6. The van der Waals surface area contributed by atoms with Gasteiger partial charge in [-0.2, -0.15) is 13.2 Å². The average Bonchev–Trinajstić information content (AvgIpc) is 2.37. The number of rotatable bonds is 3. The zero-order valence-electron chi connectivity index (χ0n) is 10.8. The van der Waals surface area contributed by atoms with Crippen molar-refractivity contribution in [2.75, 3.05) is 0 Å². The van der Waals surface area contributed by atoms with E-state index in [9.17, 15) is 18.0 Å². The number of aryl methyl sites for hydroxylation is 1. The lowest BCUT2D eigenvalue weighted by atomic mass is 10.2. The molecule has 0 fully saturated rings. The Labute approximate surface area is 117 Å². The summed E-state index contributed by atoms with van der Waals surface area (Å²) < 4.78 is 43.0. The number of pyridine rings is 1. The first kappa shape index (κ1) is 14.8. The molecule has 1 aromatic carbocycles. The Bertz CT molecular complexity index is 683. The number of benzene rings is 1. The van der Waals surface area contributed by atoms with Crippen molar-refractivity contribution in [3.05, 3.63) is 53.2 Å². The van der Waals surface area contributed by atoms with E-state index in [-0.39, 0.29) is 17.3 Å². The minimum absolute atomic E-state index is 0.0701. The molecule has 0 bridgehead atoms. The molecule has 2 rings (SSSR count). The van der Waals surface area contributed by atoms with E-state index in [0.29, 0.717) is 5.56 Å². The number of alkyl halides is 3. The summed E-state index contributed by atoms with van der Waals surface area (Å²) in [5.41, 5.74) is -0.521. The Morgan fingerprint density at radius 3 is 2.57 bits per heavy atom. The molecule has 1 N–H and O–H groups in total. The highest BCUT2D eigenvalue weighted by atomic mass is 19.4. The van der Waals surface area contributed by atoms with Crippen molar-refractivity contribution in [1.29, 1.82) is 0 Å². The molecule has 0 spiro atoms. The SMILES string of the molecule is Cc1cc(Oc2cccc(C(F)(F)F)c2)nc(C(=O)O)c1. The van der Waals surface area contributed by atoms with Crippen LogP contribution in [0.4, 0.5) is 13.2 Å². The van der Waals surface area contributed by atoms with Crippen molar-refractivity contribution in [1.82, 2.24) is 4.98 Å². The second-order valence-electron chi connectivity index (χ2n) is 4.30. The minimum Gasteiger partial charge on any atom is -0.477 e. The lowest BCUT2D eigenvalue weighted by Crippen LogP contribution is -2.05. The van der Waals surface area contributed by atoms with E-state index in [0.717, 1.165) is 12.1 Å². The summed E-state index contributed by atoms with van der Waals surface area (Å²) in [6, 6.07) is 7.05. The molecule has 110 valence electrons. The van der Waals surface area contributed by atoms with Crippen LogP contribution < -0.4 is 4.74 Å². The topological polar surface area (TPSA) is 59.4 Å². The summed E-state index contributed by atoms with van der Waals surface area (Å²) in [4.78, 5) is 14.6. The van der Waals surface area contributed by atoms with Gasteiger partial charge in [-0.15, -0.1) is 0 Å². The number of aromatic carboxylic acids is 1. The first-order valence-electron chi connectivity index (χ1n) is 5.83. The van der Waals surface area contributed by atoms with Crippen molar-refractivity contribution in [2.45, 2.75) is 13.1 Å². The molecule has 0 unspecified atom stereocenters. The van der Waals surface area contributed by atoms with Gasteiger partial charge in [-0.25, -0.2) is 9.78 Å². The van der Waals surface area contributed by atoms with Gasteiger partial charge in [0.2, 0.25) is 5.88 Å². The number of aromatic nitrogens is 1. The third-order valence-corrected chi connectivity index (χ3v) is 2.55. The number of hydrogen-bond donors (Lipinski definition) is 1. The Morgan fingerprint density at radius 2 is 1.95 bits per heavy atom. The standard InChI is InChI=1S/C14H10F3NO3/c1-8-5-11(13(19)20)18-12(6-8)21-10-4-2-3-9(7-10)14(15,16)17/h2-7H,1H3,(H,19,20). The van der Waals surface area contributed by atoms with Crippen LogP contribution in [0.5, 0.6) is 11.6 Å². The number of carboxylic acid groups (broad SMARTS) is 1. The van der Waals surface area contributed by atoms with Crippen LogP contribution in [-0.2, 0) is 6.18 Å². The molecule has 0 amide bonds. The van der Waals surface area contributed by atoms with Gasteiger partial charge in [0, 0.05) is 6.07 Å². The minimum atomic E-state index is -4.48. The largest absolute Gasteiger partial charge is 0.477 e. The van der Waals surface area contributed by atoms with Gasteiger partial charge in [0.1, 0.15) is 5.75 Å². The second kappa shape index (κ2) is 5.43. The van der Waals surface area contributed by atoms with Crippen LogP contribution in [0.1, 0.15) is 21.6 Å². The van der Waals surface area contributed by atoms with Crippen LogP contribution in [-0.4, -0.2) is 16.1 Å². The van der Waals surface area contributed by atoms with E-state index in [1.165, 1.54) is 24.3 Å². The molecule has 0 saturated heterocycles. The molecule has 0 aliphatic heterocycles. The Kier molecular flexibility index (Phi) is 3.84. The lowest BCUT2D eigenvalue weighted by Gasteiger charge is -2.10. The van der Waals surface area contributed by atoms with Crippen LogP contribution in [0.25, 0.3) is 0 Å². The molecule has 1 aromatic heterocycles. The Morgan fingerprint density at radius 1 is 1.24 bits per heavy atom. The van der Waals surface area contributed by atoms with E-state index in [1.54, 1.807) is 6.92 Å². The summed E-state index contributed by atoms with van der Waals surface area (Å²) in [6.45, 7) is 1.63. The van der Waals surface area contributed by atoms with Crippen molar-refractivity contribution in [3.63, 3.8) is 0 Å². The molecule has 0 radical (unpaired) electrons. The van der Waals surface area contributed by atoms with Gasteiger partial charge in [-0.3, -0.25) is 0 Å². The van der Waals surface area contributed by atoms with Crippen molar-refractivity contribution in [3.8, 4) is 11.6 Å². The van der Waals surface area contributed by atoms with E-state index in [2.05, 4.69) is 4.98 Å². The van der Waals surface area contributed by atoms with Crippen molar-refractivity contribution >= 4 is 5.97 Å². The average molecular weight is 297 g/mol. The van der Waals surface area contributed by atoms with Gasteiger partial charge in [-0.05, 0) is 36.8 Å². The third kappa shape index (κ3) is 3.71. The first-order valence-corrected chi connectivity index (χ1v) is 5.83. The zero-order chi connectivity index (χ0) is 15.6. The lowest BCUT2D eigenvalue weighted by molar-refractivity contribution is -0.137. The molecule has 4 nitrogen and oxygen atoms in total. The molecular weight excluding hydrogens is 287 g/mol. The monoisotopic (exact) mass is 297 g/mol. The smallest absolute Gasteiger partial charge is 0.416 e. The third-order valence-electron chi connectivity index (χ3n) is 2.55. The fourth-order valence-electron chi connectivity index (χ4n) is 1.65. The first-order chi connectivity index (χ1) is 9.75. The highest BCUT2D eigenvalue weighted by Crippen LogP contribution is 2.32. The highest BCUT2D eigenvalue weighted by Gasteiger charge is 2.30. The fraction of sp³-hybridized carbons (Fsp3) is 0.143. The predicted octanol–water partition coefficient (Wildman–Crippen LogP) is 3.90. The number of hydrogen-bond acceptors (Lipinski definition) is 3. The molecular formula is C14H10F3NO3. The molecule has 2 aromatic rings. The summed E-state index contributed by atoms with van der Waals surface area (Å²) in [6.07, 6.45) is -4.48. The molecule has 1 heterocycles. The van der Waals surface area contributed by atoms with E-state index in [4.69, 9.17) is 9.84 Å². The fourth-order valence-corrected chi connectivity index (χ4v) is 1.65. The quantitative estimate of drug-likeness (QED) is 0.933. The number of halogens is 3. The van der Waals surface area contributed by atoms with Crippen LogP contribution in [0.15, 0.2) is 36.4 Å². The maximum Gasteiger partial charge on any atom is 0.416 e. The van der Waals surface area contributed by atoms with Crippen molar-refractivity contribution in [2.24, 2.45) is 0 Å². The number of carboxylic acids is 1. The molecule has 7 heteroatoms. The van der Waals surface area contributed by atoms with Crippen LogP contribution in [0.2, 0.25) is 0 Å². The van der Waals surface area contributed by atoms with Crippen LogP contribution in [0.3, 0.4) is 0 Å². The Balaban J connectivity index is 2.32. The van der Waals surface area contributed by atoms with Crippen LogP contribution >= 0.6 is 0 Å². The summed E-state index contributed by atoms with van der Waals surface area (Å²) in [5.74, 6) is -1.39. The van der Waals surface area contributed by atoms with E-state index >= 15 is 0 Å². The molecule has 0 saturated carbocycles.